The Morgan fingerprint density at radius 3 is 3.00 bits per heavy atom. The molecule has 0 aromatic heterocycles. The summed E-state index contributed by atoms with van der Waals surface area (Å²) in [6, 6.07) is 5.33. The Hall–Kier alpha value is -1.29. The number of anilines is 1. The van der Waals surface area contributed by atoms with E-state index in [0.717, 1.165) is 31.6 Å². The molecule has 100 valence electrons. The second-order valence-electron chi connectivity index (χ2n) is 4.62. The van der Waals surface area contributed by atoms with Crippen LogP contribution in [0.3, 0.4) is 0 Å². The molecule has 1 saturated heterocycles. The molecule has 4 heteroatoms. The van der Waals surface area contributed by atoms with Crippen molar-refractivity contribution in [3.63, 3.8) is 0 Å². The summed E-state index contributed by atoms with van der Waals surface area (Å²) in [7, 11) is 1.47. The van der Waals surface area contributed by atoms with E-state index < -0.39 is 0 Å². The zero-order chi connectivity index (χ0) is 13.0. The lowest BCUT2D eigenvalue weighted by Crippen LogP contribution is -2.33. The van der Waals surface area contributed by atoms with Gasteiger partial charge in [-0.1, -0.05) is 6.92 Å². The molecule has 1 aromatic carbocycles. The van der Waals surface area contributed by atoms with Crippen molar-refractivity contribution in [2.24, 2.45) is 0 Å². The molecule has 0 aliphatic carbocycles. The third-order valence-electron chi connectivity index (χ3n) is 3.35. The van der Waals surface area contributed by atoms with Crippen LogP contribution >= 0.6 is 0 Å². The predicted molar refractivity (Wildman–Crippen MR) is 69.6 cm³/mol. The third kappa shape index (κ3) is 3.13. The first kappa shape index (κ1) is 13.1. The molecule has 2 rings (SSSR count). The summed E-state index contributed by atoms with van der Waals surface area (Å²) in [6.45, 7) is 2.90. The summed E-state index contributed by atoms with van der Waals surface area (Å²) in [5, 5.41) is 3.36. The van der Waals surface area contributed by atoms with Crippen LogP contribution in [0.4, 0.5) is 10.1 Å². The van der Waals surface area contributed by atoms with Gasteiger partial charge in [-0.05, 0) is 31.4 Å². The van der Waals surface area contributed by atoms with Gasteiger partial charge in [-0.2, -0.15) is 0 Å². The van der Waals surface area contributed by atoms with Crippen molar-refractivity contribution < 1.29 is 13.9 Å². The topological polar surface area (TPSA) is 30.5 Å². The monoisotopic (exact) mass is 253 g/mol. The molecular weight excluding hydrogens is 233 g/mol. The van der Waals surface area contributed by atoms with E-state index in [9.17, 15) is 4.39 Å². The van der Waals surface area contributed by atoms with Gasteiger partial charge in [0.1, 0.15) is 0 Å². The maximum Gasteiger partial charge on any atom is 0.167 e. The first-order chi connectivity index (χ1) is 8.72. The van der Waals surface area contributed by atoms with Crippen molar-refractivity contribution >= 4 is 5.69 Å². The second-order valence-corrected chi connectivity index (χ2v) is 4.62. The summed E-state index contributed by atoms with van der Waals surface area (Å²) < 4.78 is 24.1. The molecule has 1 fully saturated rings. The van der Waals surface area contributed by atoms with Crippen LogP contribution < -0.4 is 10.1 Å². The van der Waals surface area contributed by atoms with E-state index in [1.54, 1.807) is 6.07 Å². The minimum atomic E-state index is -0.332. The van der Waals surface area contributed by atoms with Crippen molar-refractivity contribution in [1.82, 2.24) is 0 Å². The zero-order valence-corrected chi connectivity index (χ0v) is 10.9. The highest BCUT2D eigenvalue weighted by Gasteiger charge is 2.21. The van der Waals surface area contributed by atoms with Gasteiger partial charge in [0.05, 0.1) is 13.2 Å². The molecule has 3 nitrogen and oxygen atoms in total. The normalized spacial score (nSPS) is 23.7. The van der Waals surface area contributed by atoms with Crippen molar-refractivity contribution in [3.05, 3.63) is 24.0 Å². The molecular formula is C14H20FNO2. The summed E-state index contributed by atoms with van der Waals surface area (Å²) in [4.78, 5) is 0. The highest BCUT2D eigenvalue weighted by Crippen LogP contribution is 2.24. The fourth-order valence-electron chi connectivity index (χ4n) is 2.29. The van der Waals surface area contributed by atoms with Crippen LogP contribution in [0.15, 0.2) is 18.2 Å². The fourth-order valence-corrected chi connectivity index (χ4v) is 2.29. The lowest BCUT2D eigenvalue weighted by Gasteiger charge is -2.30. The van der Waals surface area contributed by atoms with E-state index in [-0.39, 0.29) is 11.6 Å². The van der Waals surface area contributed by atoms with Crippen molar-refractivity contribution in [2.75, 3.05) is 19.0 Å². The Balaban J connectivity index is 1.98. The Bertz CT molecular complexity index is 397. The van der Waals surface area contributed by atoms with Gasteiger partial charge in [-0.15, -0.1) is 0 Å². The molecule has 1 aromatic rings. The van der Waals surface area contributed by atoms with E-state index in [4.69, 9.17) is 9.47 Å². The molecule has 2 unspecified atom stereocenters. The van der Waals surface area contributed by atoms with E-state index in [0.29, 0.717) is 12.1 Å². The van der Waals surface area contributed by atoms with Gasteiger partial charge in [0.2, 0.25) is 0 Å². The average Bonchev–Trinajstić information content (AvgIpc) is 2.39. The number of benzene rings is 1. The Kier molecular flexibility index (Phi) is 4.42. The standard InChI is InChI=1S/C14H20FNO2/c1-3-12-8-11(6-7-18-12)16-10-4-5-14(17-2)13(15)9-10/h4-5,9,11-12,16H,3,6-8H2,1-2H3. The van der Waals surface area contributed by atoms with Gasteiger partial charge in [0.15, 0.2) is 11.6 Å². The van der Waals surface area contributed by atoms with E-state index in [1.165, 1.54) is 13.2 Å². The van der Waals surface area contributed by atoms with Crippen LogP contribution in [0.25, 0.3) is 0 Å². The van der Waals surface area contributed by atoms with E-state index in [1.807, 2.05) is 6.07 Å². The lowest BCUT2D eigenvalue weighted by molar-refractivity contribution is 0.00925. The van der Waals surface area contributed by atoms with Crippen LogP contribution in [-0.2, 0) is 4.74 Å². The molecule has 1 heterocycles. The van der Waals surface area contributed by atoms with Crippen molar-refractivity contribution in [2.45, 2.75) is 38.3 Å². The minimum absolute atomic E-state index is 0.277. The molecule has 0 spiro atoms. The molecule has 0 bridgehead atoms. The van der Waals surface area contributed by atoms with Crippen molar-refractivity contribution in [3.8, 4) is 5.75 Å². The van der Waals surface area contributed by atoms with Crippen molar-refractivity contribution in [1.29, 1.82) is 0 Å². The maximum absolute atomic E-state index is 13.6. The van der Waals surface area contributed by atoms with Crippen LogP contribution in [-0.4, -0.2) is 25.9 Å². The fraction of sp³-hybridized carbons (Fsp3) is 0.571. The third-order valence-corrected chi connectivity index (χ3v) is 3.35. The van der Waals surface area contributed by atoms with Gasteiger partial charge < -0.3 is 14.8 Å². The number of methoxy groups -OCH3 is 1. The second kappa shape index (κ2) is 6.05. The highest BCUT2D eigenvalue weighted by atomic mass is 19.1. The van der Waals surface area contributed by atoms with Gasteiger partial charge in [0, 0.05) is 24.4 Å². The van der Waals surface area contributed by atoms with Crippen LogP contribution in [0, 0.1) is 5.82 Å². The number of halogens is 1. The summed E-state index contributed by atoms with van der Waals surface area (Å²) in [5.74, 6) is -0.0550. The zero-order valence-electron chi connectivity index (χ0n) is 10.9. The first-order valence-electron chi connectivity index (χ1n) is 6.44. The van der Waals surface area contributed by atoms with Crippen LogP contribution in [0.5, 0.6) is 5.75 Å². The van der Waals surface area contributed by atoms with E-state index in [2.05, 4.69) is 12.2 Å². The number of rotatable bonds is 4. The number of ether oxygens (including phenoxy) is 2. The summed E-state index contributed by atoms with van der Waals surface area (Å²) in [6.07, 6.45) is 3.28. The Morgan fingerprint density at radius 1 is 1.50 bits per heavy atom. The molecule has 1 aliphatic rings. The van der Waals surface area contributed by atoms with Gasteiger partial charge in [-0.25, -0.2) is 4.39 Å². The van der Waals surface area contributed by atoms with Gasteiger partial charge >= 0.3 is 0 Å². The van der Waals surface area contributed by atoms with Crippen LogP contribution in [0.2, 0.25) is 0 Å². The molecule has 2 atom stereocenters. The quantitative estimate of drug-likeness (QED) is 0.893. The number of hydrogen-bond donors (Lipinski definition) is 1. The van der Waals surface area contributed by atoms with Crippen LogP contribution in [0.1, 0.15) is 26.2 Å². The largest absolute Gasteiger partial charge is 0.494 e. The maximum atomic E-state index is 13.6. The predicted octanol–water partition coefficient (Wildman–Crippen LogP) is 3.20. The molecule has 1 aliphatic heterocycles. The number of hydrogen-bond acceptors (Lipinski definition) is 3. The Morgan fingerprint density at radius 2 is 2.33 bits per heavy atom. The molecule has 1 N–H and O–H groups in total. The van der Waals surface area contributed by atoms with Gasteiger partial charge in [0.25, 0.3) is 0 Å². The molecule has 0 saturated carbocycles. The smallest absolute Gasteiger partial charge is 0.167 e. The SMILES string of the molecule is CCC1CC(Nc2ccc(OC)c(F)c2)CCO1. The number of nitrogens with one attached hydrogen (secondary N) is 1. The molecule has 0 amide bonds. The Labute approximate surface area is 107 Å². The molecule has 0 radical (unpaired) electrons. The lowest BCUT2D eigenvalue weighted by atomic mass is 10.0. The average molecular weight is 253 g/mol. The molecule has 18 heavy (non-hydrogen) atoms. The minimum Gasteiger partial charge on any atom is -0.494 e. The summed E-state index contributed by atoms with van der Waals surface area (Å²) in [5.41, 5.74) is 0.801. The summed E-state index contributed by atoms with van der Waals surface area (Å²) >= 11 is 0. The van der Waals surface area contributed by atoms with E-state index >= 15 is 0 Å². The highest BCUT2D eigenvalue weighted by molar-refractivity contribution is 5.48. The first-order valence-corrected chi connectivity index (χ1v) is 6.44. The van der Waals surface area contributed by atoms with Gasteiger partial charge in [-0.3, -0.25) is 0 Å².